The Morgan fingerprint density at radius 1 is 1.07 bits per heavy atom. The van der Waals surface area contributed by atoms with Crippen LogP contribution in [0.1, 0.15) is 53.5 Å². The molecule has 1 aromatic carbocycles. The Hall–Kier alpha value is -4.10. The van der Waals surface area contributed by atoms with Crippen LogP contribution >= 0.6 is 11.6 Å². The van der Waals surface area contributed by atoms with Crippen LogP contribution in [-0.4, -0.2) is 88.5 Å². The molecule has 246 valence electrons. The molecule has 4 heterocycles. The fourth-order valence-electron chi connectivity index (χ4n) is 6.26. The van der Waals surface area contributed by atoms with Gasteiger partial charge in [0.15, 0.2) is 29.0 Å². The molecule has 2 saturated heterocycles. The molecule has 1 amide bonds. The number of esters is 1. The number of halogens is 3. The van der Waals surface area contributed by atoms with E-state index in [0.717, 1.165) is 37.9 Å². The second-order valence-corrected chi connectivity index (χ2v) is 12.0. The lowest BCUT2D eigenvalue weighted by Crippen LogP contribution is -2.59. The average Bonchev–Trinajstić information content (AvgIpc) is 3.06. The normalized spacial score (nSPS) is 17.7. The van der Waals surface area contributed by atoms with E-state index in [1.54, 1.807) is 12.1 Å². The molecule has 3 aromatic rings. The Balaban J connectivity index is 1.24. The lowest BCUT2D eigenvalue weighted by atomic mass is 9.97. The van der Waals surface area contributed by atoms with E-state index in [-0.39, 0.29) is 42.2 Å². The number of aryl methyl sites for hydroxylation is 1. The number of pyridine rings is 1. The number of amides is 1. The fraction of sp³-hybridized carbons (Fsp3) is 0.469. The molecule has 1 atom stereocenters. The minimum Gasteiger partial charge on any atom is -0.464 e. The van der Waals surface area contributed by atoms with Crippen molar-refractivity contribution < 1.29 is 23.1 Å². The molecule has 11 nitrogen and oxygen atoms in total. The van der Waals surface area contributed by atoms with Crippen LogP contribution in [0.5, 0.6) is 0 Å². The molecule has 2 aromatic heterocycles. The molecule has 0 spiro atoms. The van der Waals surface area contributed by atoms with Gasteiger partial charge in [-0.15, -0.1) is 0 Å². The first-order valence-corrected chi connectivity index (χ1v) is 15.8. The SMILES string of the molecule is CCC1CN(c2nc(NCc3ccc(F)c(F)c3)c(C(=O)OC)nc2C)CCN1C1CCN(C(=O)Cc2ccc(Cl)nc2N)CC1. The van der Waals surface area contributed by atoms with E-state index in [1.807, 2.05) is 11.8 Å². The number of nitrogens with zero attached hydrogens (tertiary/aromatic N) is 6. The lowest BCUT2D eigenvalue weighted by Gasteiger charge is -2.47. The number of anilines is 3. The quantitative estimate of drug-likeness (QED) is 0.255. The number of benzene rings is 1. The smallest absolute Gasteiger partial charge is 0.360 e. The largest absolute Gasteiger partial charge is 0.464 e. The summed E-state index contributed by atoms with van der Waals surface area (Å²) in [4.78, 5) is 45.6. The van der Waals surface area contributed by atoms with Crippen molar-refractivity contribution in [2.45, 2.75) is 58.2 Å². The molecule has 46 heavy (non-hydrogen) atoms. The molecule has 2 aliphatic heterocycles. The number of hydrogen-bond acceptors (Lipinski definition) is 10. The number of nitrogens with one attached hydrogen (secondary N) is 1. The van der Waals surface area contributed by atoms with Gasteiger partial charge in [-0.25, -0.2) is 28.5 Å². The number of carbonyl (C=O) groups is 2. The first kappa shape index (κ1) is 33.3. The van der Waals surface area contributed by atoms with Gasteiger partial charge in [0.2, 0.25) is 5.91 Å². The third-order valence-electron chi connectivity index (χ3n) is 8.77. The number of likely N-dealkylation sites (tertiary alicyclic amines) is 1. The maximum atomic E-state index is 13.8. The second-order valence-electron chi connectivity index (χ2n) is 11.6. The maximum Gasteiger partial charge on any atom is 0.360 e. The van der Waals surface area contributed by atoms with Gasteiger partial charge in [0, 0.05) is 56.9 Å². The van der Waals surface area contributed by atoms with Gasteiger partial charge in [-0.2, -0.15) is 0 Å². The third-order valence-corrected chi connectivity index (χ3v) is 8.98. The molecular formula is C32H39ClF2N8O3. The summed E-state index contributed by atoms with van der Waals surface area (Å²) in [5.41, 5.74) is 7.74. The Morgan fingerprint density at radius 3 is 2.50 bits per heavy atom. The number of methoxy groups -OCH3 is 1. The van der Waals surface area contributed by atoms with Gasteiger partial charge in [-0.05, 0) is 49.9 Å². The summed E-state index contributed by atoms with van der Waals surface area (Å²) in [6.07, 6.45) is 2.87. The molecule has 0 radical (unpaired) electrons. The van der Waals surface area contributed by atoms with E-state index in [1.165, 1.54) is 13.2 Å². The molecule has 0 aliphatic carbocycles. The van der Waals surface area contributed by atoms with Crippen molar-refractivity contribution in [1.82, 2.24) is 24.8 Å². The number of carbonyl (C=O) groups excluding carboxylic acids is 2. The van der Waals surface area contributed by atoms with Gasteiger partial charge in [-0.1, -0.05) is 30.7 Å². The van der Waals surface area contributed by atoms with Crippen molar-refractivity contribution in [1.29, 1.82) is 0 Å². The minimum atomic E-state index is -0.954. The number of rotatable bonds is 9. The lowest BCUT2D eigenvalue weighted by molar-refractivity contribution is -0.132. The van der Waals surface area contributed by atoms with Gasteiger partial charge in [0.1, 0.15) is 11.0 Å². The van der Waals surface area contributed by atoms with E-state index in [9.17, 15) is 18.4 Å². The number of ether oxygens (including phenoxy) is 1. The second kappa shape index (κ2) is 14.5. The van der Waals surface area contributed by atoms with Crippen molar-refractivity contribution in [2.24, 2.45) is 0 Å². The highest BCUT2D eigenvalue weighted by molar-refractivity contribution is 6.29. The highest BCUT2D eigenvalue weighted by Gasteiger charge is 2.35. The van der Waals surface area contributed by atoms with E-state index in [2.05, 4.69) is 32.0 Å². The van der Waals surface area contributed by atoms with Crippen LogP contribution in [0.15, 0.2) is 30.3 Å². The van der Waals surface area contributed by atoms with Crippen molar-refractivity contribution >= 4 is 40.9 Å². The third kappa shape index (κ3) is 7.47. The topological polar surface area (TPSA) is 130 Å². The molecule has 0 bridgehead atoms. The van der Waals surface area contributed by atoms with Gasteiger partial charge >= 0.3 is 5.97 Å². The maximum absolute atomic E-state index is 13.8. The van der Waals surface area contributed by atoms with Crippen molar-refractivity contribution in [2.75, 3.05) is 55.8 Å². The first-order chi connectivity index (χ1) is 22.1. The van der Waals surface area contributed by atoms with Gasteiger partial charge in [0.25, 0.3) is 0 Å². The summed E-state index contributed by atoms with van der Waals surface area (Å²) in [5, 5.41) is 3.37. The summed E-state index contributed by atoms with van der Waals surface area (Å²) in [5.74, 6) is -1.36. The van der Waals surface area contributed by atoms with Crippen LogP contribution in [0.25, 0.3) is 0 Å². The minimum absolute atomic E-state index is 0.0216. The van der Waals surface area contributed by atoms with Crippen LogP contribution in [0, 0.1) is 18.6 Å². The van der Waals surface area contributed by atoms with Gasteiger partial charge in [-0.3, -0.25) is 9.69 Å². The van der Waals surface area contributed by atoms with Crippen LogP contribution in [0.3, 0.4) is 0 Å². The van der Waals surface area contributed by atoms with E-state index in [4.69, 9.17) is 27.1 Å². The summed E-state index contributed by atoms with van der Waals surface area (Å²) in [7, 11) is 1.27. The Morgan fingerprint density at radius 2 is 1.83 bits per heavy atom. The van der Waals surface area contributed by atoms with Crippen LogP contribution in [0.2, 0.25) is 5.15 Å². The number of aromatic nitrogens is 3. The summed E-state index contributed by atoms with van der Waals surface area (Å²) in [6.45, 7) is 7.65. The van der Waals surface area contributed by atoms with Crippen LogP contribution < -0.4 is 16.0 Å². The van der Waals surface area contributed by atoms with Gasteiger partial charge < -0.3 is 25.6 Å². The number of nitrogens with two attached hydrogens (primary N) is 1. The Bertz CT molecular complexity index is 1590. The Kier molecular flexibility index (Phi) is 10.5. The molecule has 1 unspecified atom stereocenters. The summed E-state index contributed by atoms with van der Waals surface area (Å²) < 4.78 is 32.1. The standard InChI is InChI=1S/C32H39ClF2N8O3/c1-4-22-18-42(13-14-43(22)23-9-11-41(12-10-23)27(44)16-21-6-8-26(33)39-29(21)36)31-19(2)38-28(32(45)46-3)30(40-31)37-17-20-5-7-24(34)25(35)15-20/h5-8,15,22-23H,4,9-14,16-18H2,1-3H3,(H2,36,39)(H,37,40). The summed E-state index contributed by atoms with van der Waals surface area (Å²) >= 11 is 5.90. The predicted molar refractivity (Wildman–Crippen MR) is 172 cm³/mol. The first-order valence-electron chi connectivity index (χ1n) is 15.4. The average molecular weight is 657 g/mol. The molecule has 14 heteroatoms. The van der Waals surface area contributed by atoms with Crippen molar-refractivity contribution in [3.8, 4) is 0 Å². The highest BCUT2D eigenvalue weighted by Crippen LogP contribution is 2.29. The molecule has 0 saturated carbocycles. The predicted octanol–water partition coefficient (Wildman–Crippen LogP) is 4.23. The zero-order chi connectivity index (χ0) is 33.0. The number of hydrogen-bond donors (Lipinski definition) is 2. The van der Waals surface area contributed by atoms with E-state index in [0.29, 0.717) is 60.0 Å². The van der Waals surface area contributed by atoms with Crippen molar-refractivity contribution in [3.05, 3.63) is 69.6 Å². The number of piperidine rings is 1. The fourth-order valence-corrected chi connectivity index (χ4v) is 6.42. The van der Waals surface area contributed by atoms with E-state index < -0.39 is 17.6 Å². The monoisotopic (exact) mass is 656 g/mol. The molecular weight excluding hydrogens is 618 g/mol. The summed E-state index contributed by atoms with van der Waals surface area (Å²) in [6, 6.07) is 7.61. The van der Waals surface area contributed by atoms with E-state index >= 15 is 0 Å². The van der Waals surface area contributed by atoms with Gasteiger partial charge in [0.05, 0.1) is 19.2 Å². The Labute approximate surface area is 272 Å². The molecule has 2 aliphatic rings. The van der Waals surface area contributed by atoms with Crippen LogP contribution in [-0.2, 0) is 22.5 Å². The molecule has 3 N–H and O–H groups in total. The highest BCUT2D eigenvalue weighted by atomic mass is 35.5. The molecule has 5 rings (SSSR count). The van der Waals surface area contributed by atoms with Crippen LogP contribution in [0.4, 0.5) is 26.2 Å². The number of piperazine rings is 1. The van der Waals surface area contributed by atoms with Crippen molar-refractivity contribution in [3.63, 3.8) is 0 Å². The molecule has 2 fully saturated rings. The zero-order valence-electron chi connectivity index (χ0n) is 26.2. The zero-order valence-corrected chi connectivity index (χ0v) is 27.0. The number of nitrogen functional groups attached to an aromatic ring is 1.